The maximum absolute atomic E-state index is 13.0. The van der Waals surface area contributed by atoms with Gasteiger partial charge in [-0.2, -0.15) is 0 Å². The molecule has 0 aliphatic rings. The first-order valence-electron chi connectivity index (χ1n) is 6.55. The lowest BCUT2D eigenvalue weighted by Crippen LogP contribution is -2.20. The lowest BCUT2D eigenvalue weighted by Gasteiger charge is -2.08. The number of hydrogen-bond donors (Lipinski definition) is 1. The van der Waals surface area contributed by atoms with Gasteiger partial charge in [-0.05, 0) is 36.4 Å². The first kappa shape index (κ1) is 16.4. The fourth-order valence-corrected chi connectivity index (χ4v) is 1.72. The Labute approximate surface area is 130 Å². The molecule has 0 unspecified atom stereocenters. The van der Waals surface area contributed by atoms with Gasteiger partial charge >= 0.3 is 5.97 Å². The molecule has 0 saturated carbocycles. The molecule has 120 valence electrons. The van der Waals surface area contributed by atoms with E-state index in [-0.39, 0.29) is 12.3 Å². The van der Waals surface area contributed by atoms with Gasteiger partial charge in [0.05, 0.1) is 12.7 Å². The standard InChI is InChI=1S/C16H13F2NO4/c1-22-16(21)10-2-5-12(6-3-10)23-9-15(20)19-11-4-7-13(17)14(18)8-11/h2-8H,9H2,1H3,(H,19,20). The Balaban J connectivity index is 1.88. The molecule has 0 aliphatic heterocycles. The van der Waals surface area contributed by atoms with Crippen molar-refractivity contribution in [3.05, 3.63) is 59.7 Å². The smallest absolute Gasteiger partial charge is 0.337 e. The van der Waals surface area contributed by atoms with E-state index in [1.165, 1.54) is 37.4 Å². The van der Waals surface area contributed by atoms with E-state index in [9.17, 15) is 18.4 Å². The van der Waals surface area contributed by atoms with Gasteiger partial charge in [-0.3, -0.25) is 4.79 Å². The zero-order valence-corrected chi connectivity index (χ0v) is 12.1. The summed E-state index contributed by atoms with van der Waals surface area (Å²) in [5, 5.41) is 2.37. The zero-order chi connectivity index (χ0) is 16.8. The van der Waals surface area contributed by atoms with Crippen molar-refractivity contribution in [3.63, 3.8) is 0 Å². The normalized spacial score (nSPS) is 10.0. The molecular formula is C16H13F2NO4. The largest absolute Gasteiger partial charge is 0.484 e. The molecule has 0 atom stereocenters. The number of carbonyl (C=O) groups is 2. The third-order valence-electron chi connectivity index (χ3n) is 2.85. The summed E-state index contributed by atoms with van der Waals surface area (Å²) >= 11 is 0. The first-order valence-corrected chi connectivity index (χ1v) is 6.55. The van der Waals surface area contributed by atoms with E-state index >= 15 is 0 Å². The van der Waals surface area contributed by atoms with Gasteiger partial charge in [-0.1, -0.05) is 0 Å². The summed E-state index contributed by atoms with van der Waals surface area (Å²) in [7, 11) is 1.27. The van der Waals surface area contributed by atoms with Crippen molar-refractivity contribution in [2.24, 2.45) is 0 Å². The molecule has 0 fully saturated rings. The predicted molar refractivity (Wildman–Crippen MR) is 78.3 cm³/mol. The van der Waals surface area contributed by atoms with Crippen molar-refractivity contribution in [2.45, 2.75) is 0 Å². The number of anilines is 1. The van der Waals surface area contributed by atoms with Gasteiger partial charge < -0.3 is 14.8 Å². The van der Waals surface area contributed by atoms with E-state index in [0.29, 0.717) is 11.3 Å². The molecule has 23 heavy (non-hydrogen) atoms. The van der Waals surface area contributed by atoms with E-state index < -0.39 is 23.5 Å². The second-order valence-corrected chi connectivity index (χ2v) is 4.48. The fraction of sp³-hybridized carbons (Fsp3) is 0.125. The highest BCUT2D eigenvalue weighted by atomic mass is 19.2. The van der Waals surface area contributed by atoms with Gasteiger partial charge in [0, 0.05) is 11.8 Å². The highest BCUT2D eigenvalue weighted by molar-refractivity contribution is 5.92. The van der Waals surface area contributed by atoms with Gasteiger partial charge in [0.2, 0.25) is 0 Å². The van der Waals surface area contributed by atoms with Crippen LogP contribution in [0.25, 0.3) is 0 Å². The molecule has 0 aliphatic carbocycles. The van der Waals surface area contributed by atoms with Crippen molar-refractivity contribution in [3.8, 4) is 5.75 Å². The Bertz CT molecular complexity index is 717. The average Bonchev–Trinajstić information content (AvgIpc) is 2.56. The molecule has 7 heteroatoms. The van der Waals surface area contributed by atoms with Crippen molar-refractivity contribution >= 4 is 17.6 Å². The zero-order valence-electron chi connectivity index (χ0n) is 12.1. The highest BCUT2D eigenvalue weighted by Crippen LogP contribution is 2.14. The molecular weight excluding hydrogens is 308 g/mol. The molecule has 0 radical (unpaired) electrons. The summed E-state index contributed by atoms with van der Waals surface area (Å²) < 4.78 is 35.6. The number of rotatable bonds is 5. The quantitative estimate of drug-likeness (QED) is 0.860. The van der Waals surface area contributed by atoms with Crippen LogP contribution in [0.4, 0.5) is 14.5 Å². The fourth-order valence-electron chi connectivity index (χ4n) is 1.72. The van der Waals surface area contributed by atoms with Gasteiger partial charge in [0.1, 0.15) is 5.75 Å². The molecule has 1 amide bonds. The van der Waals surface area contributed by atoms with Crippen LogP contribution in [0.3, 0.4) is 0 Å². The molecule has 0 spiro atoms. The van der Waals surface area contributed by atoms with E-state index in [1.807, 2.05) is 0 Å². The molecule has 2 aromatic carbocycles. The topological polar surface area (TPSA) is 64.6 Å². The van der Waals surface area contributed by atoms with Crippen molar-refractivity contribution in [1.82, 2.24) is 0 Å². The van der Waals surface area contributed by atoms with E-state index in [2.05, 4.69) is 10.1 Å². The van der Waals surface area contributed by atoms with Gasteiger partial charge in [0.25, 0.3) is 5.91 Å². The highest BCUT2D eigenvalue weighted by Gasteiger charge is 2.08. The summed E-state index contributed by atoms with van der Waals surface area (Å²) in [4.78, 5) is 22.9. The van der Waals surface area contributed by atoms with Crippen LogP contribution in [0.1, 0.15) is 10.4 Å². The van der Waals surface area contributed by atoms with E-state index in [0.717, 1.165) is 12.1 Å². The number of amides is 1. The Morgan fingerprint density at radius 3 is 2.35 bits per heavy atom. The third-order valence-corrected chi connectivity index (χ3v) is 2.85. The first-order chi connectivity index (χ1) is 11.0. The van der Waals surface area contributed by atoms with Gasteiger partial charge in [-0.15, -0.1) is 0 Å². The number of carbonyl (C=O) groups excluding carboxylic acids is 2. The summed E-state index contributed by atoms with van der Waals surface area (Å²) in [5.74, 6) is -2.69. The second-order valence-electron chi connectivity index (χ2n) is 4.48. The SMILES string of the molecule is COC(=O)c1ccc(OCC(=O)Nc2ccc(F)c(F)c2)cc1. The third kappa shape index (κ3) is 4.50. The maximum atomic E-state index is 13.0. The lowest BCUT2D eigenvalue weighted by atomic mass is 10.2. The molecule has 2 aromatic rings. The minimum atomic E-state index is -1.05. The number of hydrogen-bond acceptors (Lipinski definition) is 4. The Morgan fingerprint density at radius 1 is 1.04 bits per heavy atom. The number of benzene rings is 2. The predicted octanol–water partition coefficient (Wildman–Crippen LogP) is 2.77. The summed E-state index contributed by atoms with van der Waals surface area (Å²) in [6.07, 6.45) is 0. The van der Waals surface area contributed by atoms with E-state index in [1.54, 1.807) is 0 Å². The molecule has 5 nitrogen and oxygen atoms in total. The number of esters is 1. The summed E-state index contributed by atoms with van der Waals surface area (Å²) in [6, 6.07) is 9.04. The van der Waals surface area contributed by atoms with Crippen LogP contribution in [-0.2, 0) is 9.53 Å². The Morgan fingerprint density at radius 2 is 1.74 bits per heavy atom. The Kier molecular flexibility index (Phi) is 5.24. The molecule has 0 aromatic heterocycles. The van der Waals surface area contributed by atoms with Crippen molar-refractivity contribution in [1.29, 1.82) is 0 Å². The van der Waals surface area contributed by atoms with Crippen LogP contribution in [0.5, 0.6) is 5.75 Å². The van der Waals surface area contributed by atoms with E-state index in [4.69, 9.17) is 4.74 Å². The van der Waals surface area contributed by atoms with Crippen LogP contribution >= 0.6 is 0 Å². The molecule has 1 N–H and O–H groups in total. The van der Waals surface area contributed by atoms with Crippen LogP contribution in [0.2, 0.25) is 0 Å². The molecule has 0 saturated heterocycles. The van der Waals surface area contributed by atoms with Crippen molar-refractivity contribution < 1.29 is 27.8 Å². The Hall–Kier alpha value is -2.96. The van der Waals surface area contributed by atoms with Crippen molar-refractivity contribution in [2.75, 3.05) is 19.0 Å². The summed E-state index contributed by atoms with van der Waals surface area (Å²) in [5.41, 5.74) is 0.477. The minimum Gasteiger partial charge on any atom is -0.484 e. The lowest BCUT2D eigenvalue weighted by molar-refractivity contribution is -0.118. The second kappa shape index (κ2) is 7.35. The average molecular weight is 321 g/mol. The van der Waals surface area contributed by atoms with Gasteiger partial charge in [-0.25, -0.2) is 13.6 Å². The molecule has 0 bridgehead atoms. The molecule has 0 heterocycles. The summed E-state index contributed by atoms with van der Waals surface area (Å²) in [6.45, 7) is -0.323. The minimum absolute atomic E-state index is 0.124. The number of methoxy groups -OCH3 is 1. The number of nitrogens with one attached hydrogen (secondary N) is 1. The van der Waals surface area contributed by atoms with Crippen LogP contribution in [0.15, 0.2) is 42.5 Å². The van der Waals surface area contributed by atoms with Gasteiger partial charge in [0.15, 0.2) is 18.2 Å². The number of halogens is 2. The maximum Gasteiger partial charge on any atom is 0.337 e. The molecule has 2 rings (SSSR count). The monoisotopic (exact) mass is 321 g/mol. The van der Waals surface area contributed by atoms with Crippen LogP contribution in [0, 0.1) is 11.6 Å². The van der Waals surface area contributed by atoms with Crippen LogP contribution in [-0.4, -0.2) is 25.6 Å². The number of ether oxygens (including phenoxy) is 2. The van der Waals surface area contributed by atoms with Crippen LogP contribution < -0.4 is 10.1 Å².